The normalized spacial score (nSPS) is 14.2. The molecule has 0 radical (unpaired) electrons. The Kier molecular flexibility index (Phi) is 4.09. The van der Waals surface area contributed by atoms with E-state index >= 15 is 0 Å². The summed E-state index contributed by atoms with van der Waals surface area (Å²) in [5, 5.41) is 3.41. The van der Waals surface area contributed by atoms with Gasteiger partial charge in [-0.25, -0.2) is 4.98 Å². The largest absolute Gasteiger partial charge is 0.473 e. The van der Waals surface area contributed by atoms with Gasteiger partial charge < -0.3 is 10.1 Å². The van der Waals surface area contributed by atoms with Gasteiger partial charge in [-0.3, -0.25) is 0 Å². The Morgan fingerprint density at radius 1 is 1.19 bits per heavy atom. The molecule has 1 fully saturated rings. The lowest BCUT2D eigenvalue weighted by Gasteiger charge is -2.14. The number of nitrogens with one attached hydrogen (secondary N) is 1. The second-order valence-electron chi connectivity index (χ2n) is 5.89. The minimum Gasteiger partial charge on any atom is -0.473 e. The summed E-state index contributed by atoms with van der Waals surface area (Å²) in [5.41, 5.74) is 3.69. The summed E-state index contributed by atoms with van der Waals surface area (Å²) in [6.45, 7) is 4.80. The first-order chi connectivity index (χ1) is 10.2. The number of rotatable bonds is 6. The molecule has 1 N–H and O–H groups in total. The monoisotopic (exact) mass is 282 g/mol. The summed E-state index contributed by atoms with van der Waals surface area (Å²) >= 11 is 0. The van der Waals surface area contributed by atoms with E-state index in [0.29, 0.717) is 5.88 Å². The van der Waals surface area contributed by atoms with E-state index in [0.717, 1.165) is 18.2 Å². The highest BCUT2D eigenvalue weighted by molar-refractivity contribution is 5.52. The van der Waals surface area contributed by atoms with Gasteiger partial charge in [-0.1, -0.05) is 24.3 Å². The maximum Gasteiger partial charge on any atom is 0.237 e. The Balaban J connectivity index is 1.64. The molecular formula is C18H22N2O. The fourth-order valence-electron chi connectivity index (χ4n) is 2.36. The van der Waals surface area contributed by atoms with Crippen molar-refractivity contribution in [2.75, 3.05) is 5.32 Å². The fourth-order valence-corrected chi connectivity index (χ4v) is 2.36. The van der Waals surface area contributed by atoms with Gasteiger partial charge in [0.15, 0.2) is 0 Å². The summed E-state index contributed by atoms with van der Waals surface area (Å²) in [5.74, 6) is 1.48. The molecule has 0 saturated heterocycles. The molecule has 0 unspecified atom stereocenters. The average molecular weight is 282 g/mol. The molecule has 21 heavy (non-hydrogen) atoms. The van der Waals surface area contributed by atoms with Crippen molar-refractivity contribution >= 4 is 5.69 Å². The first-order valence-corrected chi connectivity index (χ1v) is 7.67. The third-order valence-corrected chi connectivity index (χ3v) is 3.63. The second-order valence-corrected chi connectivity index (χ2v) is 5.89. The Bertz CT molecular complexity index is 588. The number of anilines is 1. The van der Waals surface area contributed by atoms with Gasteiger partial charge in [0, 0.05) is 12.7 Å². The molecule has 1 aromatic carbocycles. The summed E-state index contributed by atoms with van der Waals surface area (Å²) in [7, 11) is 0. The molecule has 0 amide bonds. The lowest BCUT2D eigenvalue weighted by molar-refractivity contribution is 0.234. The van der Waals surface area contributed by atoms with Gasteiger partial charge in [-0.15, -0.1) is 0 Å². The lowest BCUT2D eigenvalue weighted by atomic mass is 10.1. The summed E-state index contributed by atoms with van der Waals surface area (Å²) in [6, 6.07) is 12.8. The summed E-state index contributed by atoms with van der Waals surface area (Å²) in [4.78, 5) is 4.29. The zero-order valence-electron chi connectivity index (χ0n) is 12.7. The highest BCUT2D eigenvalue weighted by Crippen LogP contribution is 2.39. The zero-order valence-corrected chi connectivity index (χ0v) is 12.7. The molecule has 0 atom stereocenters. The van der Waals surface area contributed by atoms with Crippen LogP contribution in [-0.2, 0) is 6.54 Å². The van der Waals surface area contributed by atoms with E-state index in [1.54, 1.807) is 6.20 Å². The highest BCUT2D eigenvalue weighted by Gasteiger charge is 2.22. The van der Waals surface area contributed by atoms with E-state index in [2.05, 4.69) is 34.6 Å². The van der Waals surface area contributed by atoms with Crippen LogP contribution in [0.15, 0.2) is 42.6 Å². The van der Waals surface area contributed by atoms with Gasteiger partial charge in [0.25, 0.3) is 0 Å². The third-order valence-electron chi connectivity index (χ3n) is 3.63. The molecule has 1 aliphatic rings. The Hall–Kier alpha value is -2.03. The van der Waals surface area contributed by atoms with Crippen molar-refractivity contribution < 1.29 is 4.74 Å². The number of ether oxygens (including phenoxy) is 1. The number of hydrogen-bond acceptors (Lipinski definition) is 3. The Morgan fingerprint density at radius 2 is 1.95 bits per heavy atom. The molecule has 0 bridgehead atoms. The minimum absolute atomic E-state index is 0.123. The number of nitrogens with zero attached hydrogens (tertiary/aromatic N) is 1. The van der Waals surface area contributed by atoms with Crippen LogP contribution in [0.1, 0.15) is 43.7 Å². The van der Waals surface area contributed by atoms with Crippen LogP contribution in [0.3, 0.4) is 0 Å². The number of pyridine rings is 1. The van der Waals surface area contributed by atoms with Crippen LogP contribution in [0.4, 0.5) is 5.69 Å². The van der Waals surface area contributed by atoms with E-state index in [9.17, 15) is 0 Å². The standard InChI is InChI=1S/C18H22N2O/c1-13(2)21-18-17(4-3-11-19-18)20-12-14-5-7-15(8-6-14)16-9-10-16/h3-8,11,13,16,20H,9-10,12H2,1-2H3. The van der Waals surface area contributed by atoms with E-state index in [4.69, 9.17) is 4.74 Å². The van der Waals surface area contributed by atoms with E-state index < -0.39 is 0 Å². The van der Waals surface area contributed by atoms with Gasteiger partial charge in [0.05, 0.1) is 11.8 Å². The Morgan fingerprint density at radius 3 is 2.62 bits per heavy atom. The van der Waals surface area contributed by atoms with Crippen molar-refractivity contribution in [3.63, 3.8) is 0 Å². The van der Waals surface area contributed by atoms with Crippen molar-refractivity contribution in [1.82, 2.24) is 4.98 Å². The van der Waals surface area contributed by atoms with Crippen molar-refractivity contribution in [2.24, 2.45) is 0 Å². The van der Waals surface area contributed by atoms with Gasteiger partial charge in [0.2, 0.25) is 5.88 Å². The summed E-state index contributed by atoms with van der Waals surface area (Å²) < 4.78 is 5.72. The van der Waals surface area contributed by atoms with Crippen molar-refractivity contribution in [3.05, 3.63) is 53.7 Å². The molecule has 110 valence electrons. The molecule has 1 saturated carbocycles. The van der Waals surface area contributed by atoms with Gasteiger partial charge in [-0.2, -0.15) is 0 Å². The summed E-state index contributed by atoms with van der Waals surface area (Å²) in [6.07, 6.45) is 4.58. The maximum atomic E-state index is 5.72. The van der Waals surface area contributed by atoms with Gasteiger partial charge in [0.1, 0.15) is 0 Å². The number of hydrogen-bond donors (Lipinski definition) is 1. The van der Waals surface area contributed by atoms with Gasteiger partial charge in [-0.05, 0) is 55.9 Å². The predicted molar refractivity (Wildman–Crippen MR) is 85.7 cm³/mol. The van der Waals surface area contributed by atoms with Gasteiger partial charge >= 0.3 is 0 Å². The van der Waals surface area contributed by atoms with Crippen LogP contribution in [0, 0.1) is 0 Å². The molecule has 3 rings (SSSR count). The minimum atomic E-state index is 0.123. The smallest absolute Gasteiger partial charge is 0.237 e. The first-order valence-electron chi connectivity index (χ1n) is 7.67. The fraction of sp³-hybridized carbons (Fsp3) is 0.389. The van der Waals surface area contributed by atoms with E-state index in [-0.39, 0.29) is 6.10 Å². The molecule has 1 aromatic heterocycles. The second kappa shape index (κ2) is 6.17. The Labute approximate surface area is 126 Å². The predicted octanol–water partition coefficient (Wildman–Crippen LogP) is 4.36. The van der Waals surface area contributed by atoms with Crippen LogP contribution in [0.25, 0.3) is 0 Å². The first kappa shape index (κ1) is 13.9. The molecular weight excluding hydrogens is 260 g/mol. The third kappa shape index (κ3) is 3.75. The molecule has 2 aromatic rings. The molecule has 3 heteroatoms. The quantitative estimate of drug-likeness (QED) is 0.855. The van der Waals surface area contributed by atoms with E-state index in [1.165, 1.54) is 24.0 Å². The molecule has 1 aliphatic carbocycles. The molecule has 1 heterocycles. The van der Waals surface area contributed by atoms with Crippen LogP contribution in [0.5, 0.6) is 5.88 Å². The SMILES string of the molecule is CC(C)Oc1ncccc1NCc1ccc(C2CC2)cc1. The number of aromatic nitrogens is 1. The van der Waals surface area contributed by atoms with Crippen LogP contribution in [-0.4, -0.2) is 11.1 Å². The van der Waals surface area contributed by atoms with Crippen molar-refractivity contribution in [2.45, 2.75) is 45.3 Å². The van der Waals surface area contributed by atoms with Crippen molar-refractivity contribution in [3.8, 4) is 5.88 Å². The van der Waals surface area contributed by atoms with Crippen LogP contribution >= 0.6 is 0 Å². The van der Waals surface area contributed by atoms with Crippen molar-refractivity contribution in [1.29, 1.82) is 0 Å². The lowest BCUT2D eigenvalue weighted by Crippen LogP contribution is -2.10. The zero-order chi connectivity index (χ0) is 14.7. The van der Waals surface area contributed by atoms with Crippen LogP contribution < -0.4 is 10.1 Å². The molecule has 3 nitrogen and oxygen atoms in total. The molecule has 0 aliphatic heterocycles. The molecule has 0 spiro atoms. The average Bonchev–Trinajstić information content (AvgIpc) is 3.31. The highest BCUT2D eigenvalue weighted by atomic mass is 16.5. The number of benzene rings is 1. The topological polar surface area (TPSA) is 34.1 Å². The maximum absolute atomic E-state index is 5.72. The van der Waals surface area contributed by atoms with Crippen LogP contribution in [0.2, 0.25) is 0 Å². The van der Waals surface area contributed by atoms with E-state index in [1.807, 2.05) is 26.0 Å².